The average Bonchev–Trinajstić information content (AvgIpc) is 3.32. The highest BCUT2D eigenvalue weighted by molar-refractivity contribution is 6.31. The molecule has 0 bridgehead atoms. The monoisotopic (exact) mass is 391 g/mol. The van der Waals surface area contributed by atoms with Gasteiger partial charge >= 0.3 is 0 Å². The lowest BCUT2D eigenvalue weighted by Crippen LogP contribution is -2.18. The summed E-state index contributed by atoms with van der Waals surface area (Å²) in [4.78, 5) is 2.50. The lowest BCUT2D eigenvalue weighted by Gasteiger charge is -2.17. The summed E-state index contributed by atoms with van der Waals surface area (Å²) in [5, 5.41) is 10.3. The minimum absolute atomic E-state index is 0.633. The number of fused-ring (bicyclic) bond motifs is 3. The first-order chi connectivity index (χ1) is 13.6. The molecule has 5 rings (SSSR count). The molecule has 0 atom stereocenters. The molecule has 28 heavy (non-hydrogen) atoms. The summed E-state index contributed by atoms with van der Waals surface area (Å²) in [6, 6.07) is 14.5. The molecular weight excluding hydrogens is 370 g/mol. The van der Waals surface area contributed by atoms with Crippen LogP contribution in [0.4, 0.5) is 5.69 Å². The maximum atomic E-state index is 6.62. The van der Waals surface area contributed by atoms with Gasteiger partial charge in [0.05, 0.1) is 11.2 Å². The van der Waals surface area contributed by atoms with Gasteiger partial charge in [0.1, 0.15) is 5.82 Å². The van der Waals surface area contributed by atoms with Crippen LogP contribution in [0.15, 0.2) is 42.5 Å². The van der Waals surface area contributed by atoms with Gasteiger partial charge in [-0.1, -0.05) is 29.8 Å². The Morgan fingerprint density at radius 3 is 2.71 bits per heavy atom. The number of nitrogen functional groups attached to an aromatic ring is 1. The molecular formula is C22H22ClN5. The Labute approximate surface area is 168 Å². The Bertz CT molecular complexity index is 1190. The van der Waals surface area contributed by atoms with Crippen molar-refractivity contribution in [3.63, 3.8) is 0 Å². The minimum Gasteiger partial charge on any atom is -0.395 e. The molecule has 1 aliphatic heterocycles. The van der Waals surface area contributed by atoms with Gasteiger partial charge in [-0.05, 0) is 68.2 Å². The van der Waals surface area contributed by atoms with Crippen LogP contribution in [0.3, 0.4) is 0 Å². The molecule has 0 saturated carbocycles. The van der Waals surface area contributed by atoms with E-state index in [2.05, 4.69) is 39.4 Å². The first kappa shape index (κ1) is 17.5. The van der Waals surface area contributed by atoms with E-state index in [9.17, 15) is 0 Å². The summed E-state index contributed by atoms with van der Waals surface area (Å²) in [6.45, 7) is 5.26. The van der Waals surface area contributed by atoms with Crippen molar-refractivity contribution in [2.75, 3.05) is 18.8 Å². The Kier molecular flexibility index (Phi) is 4.22. The second kappa shape index (κ2) is 6.76. The number of halogens is 1. The van der Waals surface area contributed by atoms with Gasteiger partial charge < -0.3 is 5.73 Å². The Balaban J connectivity index is 1.73. The van der Waals surface area contributed by atoms with E-state index in [0.29, 0.717) is 16.4 Å². The van der Waals surface area contributed by atoms with Gasteiger partial charge in [-0.25, -0.2) is 0 Å². The molecule has 0 aliphatic carbocycles. The highest BCUT2D eigenvalue weighted by Gasteiger charge is 2.18. The molecule has 0 amide bonds. The third-order valence-corrected chi connectivity index (χ3v) is 5.86. The fraction of sp³-hybridized carbons (Fsp3) is 0.273. The zero-order chi connectivity index (χ0) is 19.3. The van der Waals surface area contributed by atoms with Crippen LogP contribution in [0.5, 0.6) is 0 Å². The van der Waals surface area contributed by atoms with Crippen molar-refractivity contribution in [2.24, 2.45) is 0 Å². The van der Waals surface area contributed by atoms with E-state index in [1.807, 2.05) is 29.5 Å². The number of nitrogens with two attached hydrogens (primary N) is 1. The lowest BCUT2D eigenvalue weighted by atomic mass is 9.97. The number of nitrogens with zero attached hydrogens (tertiary/aromatic N) is 4. The summed E-state index contributed by atoms with van der Waals surface area (Å²) in [7, 11) is 0. The molecule has 1 saturated heterocycles. The van der Waals surface area contributed by atoms with Gasteiger partial charge in [-0.2, -0.15) is 0 Å². The fourth-order valence-corrected chi connectivity index (χ4v) is 4.49. The highest BCUT2D eigenvalue weighted by Crippen LogP contribution is 2.38. The SMILES string of the molecule is Cc1nnc2c(N)c(-c3cccc(CN4CCCC4)c3)c3cc(Cl)ccc3n12. The van der Waals surface area contributed by atoms with E-state index in [4.69, 9.17) is 17.3 Å². The van der Waals surface area contributed by atoms with Gasteiger partial charge in [-0.15, -0.1) is 10.2 Å². The number of benzene rings is 2. The van der Waals surface area contributed by atoms with Crippen molar-refractivity contribution in [3.8, 4) is 11.1 Å². The number of aryl methyl sites for hydroxylation is 1. The number of likely N-dealkylation sites (tertiary alicyclic amines) is 1. The minimum atomic E-state index is 0.633. The first-order valence-corrected chi connectivity index (χ1v) is 10.0. The molecule has 1 fully saturated rings. The fourth-order valence-electron chi connectivity index (χ4n) is 4.32. The highest BCUT2D eigenvalue weighted by atomic mass is 35.5. The number of rotatable bonds is 3. The molecule has 142 valence electrons. The normalized spacial score (nSPS) is 15.1. The van der Waals surface area contributed by atoms with Crippen LogP contribution in [0, 0.1) is 6.92 Å². The predicted octanol–water partition coefficient (Wildman–Crippen LogP) is 4.69. The summed E-state index contributed by atoms with van der Waals surface area (Å²) >= 11 is 6.35. The van der Waals surface area contributed by atoms with Gasteiger partial charge in [0.25, 0.3) is 0 Å². The average molecular weight is 392 g/mol. The maximum absolute atomic E-state index is 6.62. The van der Waals surface area contributed by atoms with Crippen LogP contribution in [0.25, 0.3) is 27.7 Å². The molecule has 0 radical (unpaired) electrons. The van der Waals surface area contributed by atoms with E-state index in [-0.39, 0.29) is 0 Å². The zero-order valence-electron chi connectivity index (χ0n) is 15.8. The van der Waals surface area contributed by atoms with Crippen molar-refractivity contribution >= 4 is 33.8 Å². The van der Waals surface area contributed by atoms with Crippen LogP contribution in [0.1, 0.15) is 24.2 Å². The third-order valence-electron chi connectivity index (χ3n) is 5.62. The predicted molar refractivity (Wildman–Crippen MR) is 115 cm³/mol. The number of pyridine rings is 1. The molecule has 0 unspecified atom stereocenters. The van der Waals surface area contributed by atoms with Crippen molar-refractivity contribution in [3.05, 3.63) is 58.9 Å². The topological polar surface area (TPSA) is 59.5 Å². The van der Waals surface area contributed by atoms with Gasteiger partial charge in [0.2, 0.25) is 0 Å². The molecule has 5 nitrogen and oxygen atoms in total. The lowest BCUT2D eigenvalue weighted by molar-refractivity contribution is 0.331. The second-order valence-corrected chi connectivity index (χ2v) is 7.98. The molecule has 1 aliphatic rings. The Hall–Kier alpha value is -2.63. The molecule has 0 spiro atoms. The smallest absolute Gasteiger partial charge is 0.185 e. The van der Waals surface area contributed by atoms with E-state index < -0.39 is 0 Å². The molecule has 2 N–H and O–H groups in total. The quantitative estimate of drug-likeness (QED) is 0.550. The van der Waals surface area contributed by atoms with E-state index in [1.54, 1.807) is 0 Å². The van der Waals surface area contributed by atoms with Gasteiger partial charge in [0, 0.05) is 22.5 Å². The van der Waals surface area contributed by atoms with Crippen LogP contribution < -0.4 is 5.73 Å². The van der Waals surface area contributed by atoms with Crippen molar-refractivity contribution in [2.45, 2.75) is 26.3 Å². The van der Waals surface area contributed by atoms with Gasteiger partial charge in [0.15, 0.2) is 5.65 Å². The van der Waals surface area contributed by atoms with E-state index >= 15 is 0 Å². The third kappa shape index (κ3) is 2.82. The zero-order valence-corrected chi connectivity index (χ0v) is 16.6. The van der Waals surface area contributed by atoms with Crippen LogP contribution in [0.2, 0.25) is 5.02 Å². The van der Waals surface area contributed by atoms with Crippen LogP contribution in [-0.4, -0.2) is 32.6 Å². The first-order valence-electron chi connectivity index (χ1n) is 9.66. The Morgan fingerprint density at radius 2 is 1.89 bits per heavy atom. The molecule has 2 aromatic heterocycles. The number of hydrogen-bond donors (Lipinski definition) is 1. The summed E-state index contributed by atoms with van der Waals surface area (Å²) < 4.78 is 2.00. The number of aromatic nitrogens is 3. The summed E-state index contributed by atoms with van der Waals surface area (Å²) in [5.41, 5.74) is 12.3. The summed E-state index contributed by atoms with van der Waals surface area (Å²) in [6.07, 6.45) is 2.58. The van der Waals surface area contributed by atoms with Gasteiger partial charge in [-0.3, -0.25) is 9.30 Å². The molecule has 2 aromatic carbocycles. The van der Waals surface area contributed by atoms with Crippen molar-refractivity contribution in [1.29, 1.82) is 0 Å². The molecule has 4 aromatic rings. The van der Waals surface area contributed by atoms with Crippen molar-refractivity contribution < 1.29 is 0 Å². The van der Waals surface area contributed by atoms with E-state index in [0.717, 1.165) is 34.4 Å². The Morgan fingerprint density at radius 1 is 1.07 bits per heavy atom. The number of hydrogen-bond acceptors (Lipinski definition) is 4. The number of anilines is 1. The molecule has 6 heteroatoms. The molecule has 3 heterocycles. The maximum Gasteiger partial charge on any atom is 0.185 e. The summed E-state index contributed by atoms with van der Waals surface area (Å²) in [5.74, 6) is 0.809. The largest absolute Gasteiger partial charge is 0.395 e. The standard InChI is InChI=1S/C22H22ClN5/c1-14-25-26-22-21(24)20(18-12-17(23)7-8-19(18)28(14)22)16-6-4-5-15(11-16)13-27-9-2-3-10-27/h4-8,11-12H,2-3,9-10,13,24H2,1H3. The van der Waals surface area contributed by atoms with Crippen LogP contribution >= 0.6 is 11.6 Å². The van der Waals surface area contributed by atoms with Crippen molar-refractivity contribution in [1.82, 2.24) is 19.5 Å². The van der Waals surface area contributed by atoms with E-state index in [1.165, 1.54) is 31.5 Å². The van der Waals surface area contributed by atoms with Crippen LogP contribution in [-0.2, 0) is 6.54 Å². The second-order valence-electron chi connectivity index (χ2n) is 7.54.